The smallest absolute Gasteiger partial charge is 0.136 e. The predicted molar refractivity (Wildman–Crippen MR) is 94.3 cm³/mol. The standard InChI is InChI=1S/C19H18N4/c1-12-21-15-7-5-13-11-20-19(23-9-3-2-4-10-23)14-6-8-16(22-12)18(15)17(13)14/h5-8,11H,2-4,9-10H2,1H3. The second-order valence-electron chi connectivity index (χ2n) is 6.46. The van der Waals surface area contributed by atoms with Crippen LogP contribution in [0.25, 0.3) is 32.6 Å². The molecule has 4 heteroatoms. The highest BCUT2D eigenvalue weighted by Gasteiger charge is 2.18. The SMILES string of the molecule is Cc1nc2ccc3cnc(N4CCCCC4)c4ccc(n1)c2c34. The molecule has 2 aromatic heterocycles. The maximum Gasteiger partial charge on any atom is 0.136 e. The molecule has 0 bridgehead atoms. The number of piperidine rings is 1. The predicted octanol–water partition coefficient (Wildman–Crippen LogP) is 4.07. The van der Waals surface area contributed by atoms with Gasteiger partial charge in [0.1, 0.15) is 11.6 Å². The summed E-state index contributed by atoms with van der Waals surface area (Å²) in [6.07, 6.45) is 5.85. The van der Waals surface area contributed by atoms with Crippen molar-refractivity contribution < 1.29 is 0 Å². The van der Waals surface area contributed by atoms with Crippen LogP contribution < -0.4 is 4.90 Å². The van der Waals surface area contributed by atoms with Crippen molar-refractivity contribution in [3.63, 3.8) is 0 Å². The van der Waals surface area contributed by atoms with Crippen LogP contribution in [0, 0.1) is 6.92 Å². The Morgan fingerprint density at radius 2 is 1.61 bits per heavy atom. The molecule has 5 rings (SSSR count). The number of nitrogens with zero attached hydrogens (tertiary/aromatic N) is 4. The van der Waals surface area contributed by atoms with Crippen LogP contribution in [-0.4, -0.2) is 28.0 Å². The lowest BCUT2D eigenvalue weighted by atomic mass is 9.99. The van der Waals surface area contributed by atoms with E-state index >= 15 is 0 Å². The summed E-state index contributed by atoms with van der Waals surface area (Å²) in [5, 5.41) is 4.84. The average Bonchev–Trinajstić information content (AvgIpc) is 2.59. The fourth-order valence-electron chi connectivity index (χ4n) is 3.90. The normalized spacial score (nSPS) is 16.0. The van der Waals surface area contributed by atoms with Gasteiger partial charge in [0.25, 0.3) is 0 Å². The first-order chi connectivity index (χ1) is 11.3. The molecule has 0 unspecified atom stereocenters. The van der Waals surface area contributed by atoms with Crippen molar-refractivity contribution in [2.75, 3.05) is 18.0 Å². The van der Waals surface area contributed by atoms with E-state index in [4.69, 9.17) is 4.98 Å². The number of rotatable bonds is 1. The first-order valence-electron chi connectivity index (χ1n) is 8.34. The zero-order valence-electron chi connectivity index (χ0n) is 13.2. The summed E-state index contributed by atoms with van der Waals surface area (Å²) in [6.45, 7) is 4.16. The van der Waals surface area contributed by atoms with Crippen LogP contribution in [0.4, 0.5) is 5.82 Å². The lowest BCUT2D eigenvalue weighted by Crippen LogP contribution is -2.30. The van der Waals surface area contributed by atoms with Crippen LogP contribution in [0.5, 0.6) is 0 Å². The molecule has 1 fully saturated rings. The zero-order valence-corrected chi connectivity index (χ0v) is 13.2. The summed E-state index contributed by atoms with van der Waals surface area (Å²) < 4.78 is 0. The van der Waals surface area contributed by atoms with Gasteiger partial charge in [0.05, 0.1) is 11.0 Å². The third-order valence-electron chi connectivity index (χ3n) is 4.94. The Morgan fingerprint density at radius 3 is 2.39 bits per heavy atom. The van der Waals surface area contributed by atoms with E-state index in [9.17, 15) is 0 Å². The van der Waals surface area contributed by atoms with E-state index in [1.165, 1.54) is 40.8 Å². The molecule has 1 aliphatic heterocycles. The molecule has 4 aromatic rings. The average molecular weight is 302 g/mol. The van der Waals surface area contributed by atoms with E-state index in [1.807, 2.05) is 13.1 Å². The summed E-state index contributed by atoms with van der Waals surface area (Å²) in [7, 11) is 0. The van der Waals surface area contributed by atoms with Crippen molar-refractivity contribution in [3.8, 4) is 0 Å². The fourth-order valence-corrected chi connectivity index (χ4v) is 3.90. The molecule has 0 saturated carbocycles. The largest absolute Gasteiger partial charge is 0.356 e. The van der Waals surface area contributed by atoms with E-state index in [1.54, 1.807) is 0 Å². The Bertz CT molecular complexity index is 999. The Kier molecular flexibility index (Phi) is 2.68. The van der Waals surface area contributed by atoms with Crippen LogP contribution in [-0.2, 0) is 0 Å². The third kappa shape index (κ3) is 1.87. The number of anilines is 1. The molecule has 1 saturated heterocycles. The summed E-state index contributed by atoms with van der Waals surface area (Å²) in [6, 6.07) is 8.52. The number of hydrogen-bond acceptors (Lipinski definition) is 4. The van der Waals surface area contributed by atoms with Crippen molar-refractivity contribution in [1.29, 1.82) is 0 Å². The van der Waals surface area contributed by atoms with Crippen molar-refractivity contribution in [2.24, 2.45) is 0 Å². The molecule has 2 aromatic carbocycles. The van der Waals surface area contributed by atoms with E-state index in [0.717, 1.165) is 35.8 Å². The number of aryl methyl sites for hydroxylation is 1. The van der Waals surface area contributed by atoms with Gasteiger partial charge in [-0.1, -0.05) is 6.07 Å². The zero-order chi connectivity index (χ0) is 15.4. The summed E-state index contributed by atoms with van der Waals surface area (Å²) >= 11 is 0. The Morgan fingerprint density at radius 1 is 0.870 bits per heavy atom. The van der Waals surface area contributed by atoms with Gasteiger partial charge in [-0.05, 0) is 44.4 Å². The minimum absolute atomic E-state index is 0.824. The molecule has 4 nitrogen and oxygen atoms in total. The van der Waals surface area contributed by atoms with E-state index in [0.29, 0.717) is 0 Å². The van der Waals surface area contributed by atoms with E-state index in [2.05, 4.69) is 39.1 Å². The molecule has 1 aliphatic rings. The van der Waals surface area contributed by atoms with Gasteiger partial charge in [0, 0.05) is 40.8 Å². The number of aromatic nitrogens is 3. The minimum atomic E-state index is 0.824. The molecular weight excluding hydrogens is 284 g/mol. The quantitative estimate of drug-likeness (QED) is 0.497. The van der Waals surface area contributed by atoms with Gasteiger partial charge in [0.15, 0.2) is 0 Å². The topological polar surface area (TPSA) is 41.9 Å². The second kappa shape index (κ2) is 4.75. The molecule has 0 N–H and O–H groups in total. The molecule has 3 heterocycles. The van der Waals surface area contributed by atoms with Crippen molar-refractivity contribution in [3.05, 3.63) is 36.3 Å². The molecule has 0 radical (unpaired) electrons. The van der Waals surface area contributed by atoms with Crippen LogP contribution in [0.2, 0.25) is 0 Å². The molecule has 0 aliphatic carbocycles. The van der Waals surface area contributed by atoms with Gasteiger partial charge >= 0.3 is 0 Å². The Balaban J connectivity index is 1.88. The highest BCUT2D eigenvalue weighted by Crippen LogP contribution is 2.37. The third-order valence-corrected chi connectivity index (χ3v) is 4.94. The van der Waals surface area contributed by atoms with Crippen molar-refractivity contribution >= 4 is 38.4 Å². The molecular formula is C19H18N4. The summed E-state index contributed by atoms with van der Waals surface area (Å²) in [4.78, 5) is 16.5. The van der Waals surface area contributed by atoms with Gasteiger partial charge in [0.2, 0.25) is 0 Å². The van der Waals surface area contributed by atoms with Crippen LogP contribution >= 0.6 is 0 Å². The van der Waals surface area contributed by atoms with E-state index in [-0.39, 0.29) is 0 Å². The van der Waals surface area contributed by atoms with E-state index < -0.39 is 0 Å². The van der Waals surface area contributed by atoms with Gasteiger partial charge in [-0.25, -0.2) is 15.0 Å². The number of benzene rings is 2. The van der Waals surface area contributed by atoms with Crippen LogP contribution in [0.3, 0.4) is 0 Å². The Hall–Kier alpha value is -2.49. The summed E-state index contributed by atoms with van der Waals surface area (Å²) in [5.41, 5.74) is 2.06. The van der Waals surface area contributed by atoms with Gasteiger partial charge in [-0.2, -0.15) is 0 Å². The van der Waals surface area contributed by atoms with Gasteiger partial charge in [-0.3, -0.25) is 0 Å². The monoisotopic (exact) mass is 302 g/mol. The van der Waals surface area contributed by atoms with Crippen molar-refractivity contribution in [2.45, 2.75) is 26.2 Å². The first-order valence-corrected chi connectivity index (χ1v) is 8.34. The Labute approximate surface area is 134 Å². The highest BCUT2D eigenvalue weighted by atomic mass is 15.2. The fraction of sp³-hybridized carbons (Fsp3) is 0.316. The lowest BCUT2D eigenvalue weighted by molar-refractivity contribution is 0.575. The molecule has 23 heavy (non-hydrogen) atoms. The maximum atomic E-state index is 4.79. The minimum Gasteiger partial charge on any atom is -0.356 e. The summed E-state index contributed by atoms with van der Waals surface area (Å²) in [5.74, 6) is 1.94. The maximum absolute atomic E-state index is 4.79. The highest BCUT2D eigenvalue weighted by molar-refractivity contribution is 6.23. The van der Waals surface area contributed by atoms with Crippen LogP contribution in [0.1, 0.15) is 25.1 Å². The second-order valence-corrected chi connectivity index (χ2v) is 6.46. The number of hydrogen-bond donors (Lipinski definition) is 0. The molecule has 114 valence electrons. The van der Waals surface area contributed by atoms with Crippen LogP contribution in [0.15, 0.2) is 30.5 Å². The molecule has 0 amide bonds. The first kappa shape index (κ1) is 13.0. The van der Waals surface area contributed by atoms with Crippen molar-refractivity contribution in [1.82, 2.24) is 15.0 Å². The number of pyridine rings is 1. The molecule has 0 spiro atoms. The lowest BCUT2D eigenvalue weighted by Gasteiger charge is -2.29. The molecule has 0 atom stereocenters. The van der Waals surface area contributed by atoms with Gasteiger partial charge < -0.3 is 4.90 Å². The van der Waals surface area contributed by atoms with Gasteiger partial charge in [-0.15, -0.1) is 0 Å².